The minimum absolute atomic E-state index is 0.00619. The van der Waals surface area contributed by atoms with Crippen LogP contribution in [0.1, 0.15) is 27.2 Å². The highest BCUT2D eigenvalue weighted by Crippen LogP contribution is 2.18. The number of hydrogen-bond donors (Lipinski definition) is 0. The summed E-state index contributed by atoms with van der Waals surface area (Å²) in [5.41, 5.74) is 0. The van der Waals surface area contributed by atoms with Crippen LogP contribution in [0.3, 0.4) is 0 Å². The van der Waals surface area contributed by atoms with Gasteiger partial charge in [0.25, 0.3) is 5.91 Å². The van der Waals surface area contributed by atoms with Gasteiger partial charge in [-0.1, -0.05) is 6.92 Å². The Bertz CT molecular complexity index is 464. The first-order valence-electron chi connectivity index (χ1n) is 7.87. The highest BCUT2D eigenvalue weighted by atomic mass is 16.5. The molecule has 1 aromatic rings. The molecule has 0 aliphatic carbocycles. The molecule has 1 saturated heterocycles. The minimum atomic E-state index is -0.00619. The van der Waals surface area contributed by atoms with E-state index < -0.39 is 0 Å². The van der Waals surface area contributed by atoms with Gasteiger partial charge in [-0.3, -0.25) is 4.79 Å². The quantitative estimate of drug-likeness (QED) is 0.810. The summed E-state index contributed by atoms with van der Waals surface area (Å²) in [7, 11) is 0. The Kier molecular flexibility index (Phi) is 6.07. The van der Waals surface area contributed by atoms with Gasteiger partial charge < -0.3 is 19.1 Å². The van der Waals surface area contributed by atoms with Crippen LogP contribution < -0.4 is 9.47 Å². The van der Waals surface area contributed by atoms with Gasteiger partial charge in [0.1, 0.15) is 11.5 Å². The Morgan fingerprint density at radius 2 is 1.68 bits per heavy atom. The van der Waals surface area contributed by atoms with Gasteiger partial charge in [-0.15, -0.1) is 0 Å². The zero-order chi connectivity index (χ0) is 15.9. The van der Waals surface area contributed by atoms with Crippen LogP contribution in [0.15, 0.2) is 24.3 Å². The maximum absolute atomic E-state index is 12.2. The van der Waals surface area contributed by atoms with Crippen LogP contribution in [0.4, 0.5) is 0 Å². The third-order valence-corrected chi connectivity index (χ3v) is 3.43. The minimum Gasteiger partial charge on any atom is -0.494 e. The highest BCUT2D eigenvalue weighted by molar-refractivity contribution is 5.78. The first kappa shape index (κ1) is 16.6. The van der Waals surface area contributed by atoms with Crippen molar-refractivity contribution in [1.82, 2.24) is 4.90 Å². The second-order valence-electron chi connectivity index (χ2n) is 5.66. The lowest BCUT2D eigenvalue weighted by atomic mass is 10.2. The van der Waals surface area contributed by atoms with Crippen LogP contribution in [0.2, 0.25) is 0 Å². The lowest BCUT2D eigenvalue weighted by Gasteiger charge is -2.35. The average molecular weight is 307 g/mol. The smallest absolute Gasteiger partial charge is 0.260 e. The van der Waals surface area contributed by atoms with Gasteiger partial charge in [0, 0.05) is 13.1 Å². The van der Waals surface area contributed by atoms with Crippen molar-refractivity contribution in [3.05, 3.63) is 24.3 Å². The molecule has 2 unspecified atom stereocenters. The third kappa shape index (κ3) is 4.91. The van der Waals surface area contributed by atoms with E-state index in [9.17, 15) is 4.79 Å². The summed E-state index contributed by atoms with van der Waals surface area (Å²) >= 11 is 0. The zero-order valence-corrected chi connectivity index (χ0v) is 13.6. The molecule has 0 spiro atoms. The molecule has 0 bridgehead atoms. The summed E-state index contributed by atoms with van der Waals surface area (Å²) in [6, 6.07) is 7.36. The molecule has 22 heavy (non-hydrogen) atoms. The molecule has 0 N–H and O–H groups in total. The monoisotopic (exact) mass is 307 g/mol. The number of rotatable bonds is 6. The molecular formula is C17H25NO4. The largest absolute Gasteiger partial charge is 0.494 e. The number of nitrogens with zero attached hydrogens (tertiary/aromatic N) is 1. The molecule has 0 aromatic heterocycles. The SMILES string of the molecule is CCCOc1ccc(OCC(=O)N2CC(C)OC(C)C2)cc1. The molecule has 122 valence electrons. The van der Waals surface area contributed by atoms with Crippen LogP contribution in [0, 0.1) is 0 Å². The zero-order valence-electron chi connectivity index (χ0n) is 13.6. The Morgan fingerprint density at radius 3 is 2.23 bits per heavy atom. The summed E-state index contributed by atoms with van der Waals surface area (Å²) in [6.07, 6.45) is 1.12. The van der Waals surface area contributed by atoms with Crippen molar-refractivity contribution in [3.63, 3.8) is 0 Å². The number of hydrogen-bond acceptors (Lipinski definition) is 4. The first-order valence-corrected chi connectivity index (χ1v) is 7.87. The standard InChI is InChI=1S/C17H25NO4/c1-4-9-20-15-5-7-16(8-6-15)21-12-17(19)18-10-13(2)22-14(3)11-18/h5-8,13-14H,4,9-12H2,1-3H3. The van der Waals surface area contributed by atoms with Crippen molar-refractivity contribution < 1.29 is 19.0 Å². The van der Waals surface area contributed by atoms with E-state index in [-0.39, 0.29) is 24.7 Å². The van der Waals surface area contributed by atoms with Gasteiger partial charge in [0.2, 0.25) is 0 Å². The van der Waals surface area contributed by atoms with Crippen LogP contribution in [0.5, 0.6) is 11.5 Å². The molecule has 1 aromatic carbocycles. The summed E-state index contributed by atoms with van der Waals surface area (Å²) in [5.74, 6) is 1.48. The van der Waals surface area contributed by atoms with E-state index in [0.29, 0.717) is 25.4 Å². The Hall–Kier alpha value is -1.75. The molecule has 0 saturated carbocycles. The second-order valence-corrected chi connectivity index (χ2v) is 5.66. The molecule has 5 heteroatoms. The molecule has 1 heterocycles. The number of carbonyl (C=O) groups is 1. The predicted octanol–water partition coefficient (Wildman–Crippen LogP) is 2.49. The van der Waals surface area contributed by atoms with Gasteiger partial charge in [-0.25, -0.2) is 0 Å². The van der Waals surface area contributed by atoms with Crippen molar-refractivity contribution in [2.24, 2.45) is 0 Å². The third-order valence-electron chi connectivity index (χ3n) is 3.43. The molecule has 1 fully saturated rings. The Labute approximate surface area is 132 Å². The number of carbonyl (C=O) groups excluding carboxylic acids is 1. The number of amides is 1. The number of ether oxygens (including phenoxy) is 3. The van der Waals surface area contributed by atoms with Crippen LogP contribution >= 0.6 is 0 Å². The van der Waals surface area contributed by atoms with Crippen molar-refractivity contribution in [1.29, 1.82) is 0 Å². The lowest BCUT2D eigenvalue weighted by molar-refractivity contribution is -0.145. The van der Waals surface area contributed by atoms with Crippen LogP contribution in [0.25, 0.3) is 0 Å². The molecule has 1 aliphatic heterocycles. The van der Waals surface area contributed by atoms with Gasteiger partial charge in [-0.2, -0.15) is 0 Å². The topological polar surface area (TPSA) is 48.0 Å². The van der Waals surface area contributed by atoms with Crippen LogP contribution in [-0.4, -0.2) is 49.3 Å². The van der Waals surface area contributed by atoms with E-state index in [0.717, 1.165) is 12.2 Å². The maximum Gasteiger partial charge on any atom is 0.260 e. The van der Waals surface area contributed by atoms with Crippen LogP contribution in [-0.2, 0) is 9.53 Å². The number of morpholine rings is 1. The van der Waals surface area contributed by atoms with E-state index in [1.165, 1.54) is 0 Å². The normalized spacial score (nSPS) is 21.5. The van der Waals surface area contributed by atoms with E-state index in [1.54, 1.807) is 4.90 Å². The molecule has 2 rings (SSSR count). The fraction of sp³-hybridized carbons (Fsp3) is 0.588. The van der Waals surface area contributed by atoms with E-state index in [1.807, 2.05) is 38.1 Å². The molecule has 1 aliphatic rings. The fourth-order valence-electron chi connectivity index (χ4n) is 2.47. The second kappa shape index (κ2) is 8.03. The summed E-state index contributed by atoms with van der Waals surface area (Å²) in [6.45, 7) is 8.02. The van der Waals surface area contributed by atoms with E-state index >= 15 is 0 Å². The van der Waals surface area contributed by atoms with Gasteiger partial charge >= 0.3 is 0 Å². The van der Waals surface area contributed by atoms with Gasteiger partial charge in [0.15, 0.2) is 6.61 Å². The van der Waals surface area contributed by atoms with Gasteiger partial charge in [0.05, 0.1) is 18.8 Å². The first-order chi connectivity index (χ1) is 10.6. The summed E-state index contributed by atoms with van der Waals surface area (Å²) < 4.78 is 16.7. The predicted molar refractivity (Wildman–Crippen MR) is 84.3 cm³/mol. The molecule has 0 radical (unpaired) electrons. The molecule has 2 atom stereocenters. The number of benzene rings is 1. The van der Waals surface area contributed by atoms with Crippen molar-refractivity contribution in [2.45, 2.75) is 39.4 Å². The summed E-state index contributed by atoms with van der Waals surface area (Å²) in [4.78, 5) is 14.0. The molecular weight excluding hydrogens is 282 g/mol. The average Bonchev–Trinajstić information content (AvgIpc) is 2.50. The van der Waals surface area contributed by atoms with E-state index in [4.69, 9.17) is 14.2 Å². The molecule has 5 nitrogen and oxygen atoms in total. The maximum atomic E-state index is 12.2. The van der Waals surface area contributed by atoms with Crippen molar-refractivity contribution in [3.8, 4) is 11.5 Å². The van der Waals surface area contributed by atoms with Gasteiger partial charge in [-0.05, 0) is 44.5 Å². The Balaban J connectivity index is 1.80. The highest BCUT2D eigenvalue weighted by Gasteiger charge is 2.25. The summed E-state index contributed by atoms with van der Waals surface area (Å²) in [5, 5.41) is 0. The van der Waals surface area contributed by atoms with E-state index in [2.05, 4.69) is 6.92 Å². The molecule has 1 amide bonds. The van der Waals surface area contributed by atoms with Crippen molar-refractivity contribution in [2.75, 3.05) is 26.3 Å². The lowest BCUT2D eigenvalue weighted by Crippen LogP contribution is -2.49. The Morgan fingerprint density at radius 1 is 1.14 bits per heavy atom. The van der Waals surface area contributed by atoms with Crippen molar-refractivity contribution >= 4 is 5.91 Å². The fourth-order valence-corrected chi connectivity index (χ4v) is 2.47.